The molecular weight excluding hydrogens is 160 g/mol. The number of hydrogen-bond donors (Lipinski definition) is 1. The average Bonchev–Trinajstić information content (AvgIpc) is 2.04. The Labute approximate surface area is 82.5 Å². The van der Waals surface area contributed by atoms with Crippen LogP contribution >= 0.6 is 0 Å². The Morgan fingerprint density at radius 1 is 1.23 bits per heavy atom. The molecule has 0 aromatic carbocycles. The highest BCUT2D eigenvalue weighted by Crippen LogP contribution is 2.20. The van der Waals surface area contributed by atoms with Gasteiger partial charge in [-0.2, -0.15) is 0 Å². The van der Waals surface area contributed by atoms with E-state index in [4.69, 9.17) is 5.73 Å². The molecule has 0 aromatic heterocycles. The van der Waals surface area contributed by atoms with Gasteiger partial charge in [0.05, 0.1) is 0 Å². The first kappa shape index (κ1) is 11.0. The highest BCUT2D eigenvalue weighted by atomic mass is 15.1. The average molecular weight is 184 g/mol. The van der Waals surface area contributed by atoms with Crippen LogP contribution in [0.5, 0.6) is 0 Å². The van der Waals surface area contributed by atoms with E-state index in [2.05, 4.69) is 18.7 Å². The molecule has 0 saturated carbocycles. The molecule has 2 nitrogen and oxygen atoms in total. The highest BCUT2D eigenvalue weighted by molar-refractivity contribution is 4.80. The molecule has 1 heterocycles. The van der Waals surface area contributed by atoms with Gasteiger partial charge in [0, 0.05) is 19.1 Å². The predicted molar refractivity (Wildman–Crippen MR) is 57.7 cm³/mol. The fourth-order valence-corrected chi connectivity index (χ4v) is 2.46. The zero-order valence-corrected chi connectivity index (χ0v) is 9.13. The summed E-state index contributed by atoms with van der Waals surface area (Å²) in [6.45, 7) is 8.15. The number of hydrogen-bond acceptors (Lipinski definition) is 2. The van der Waals surface area contributed by atoms with E-state index < -0.39 is 0 Å². The molecule has 2 unspecified atom stereocenters. The van der Waals surface area contributed by atoms with Gasteiger partial charge in [-0.1, -0.05) is 20.3 Å². The van der Waals surface area contributed by atoms with E-state index in [0.717, 1.165) is 12.5 Å². The molecule has 0 aromatic rings. The topological polar surface area (TPSA) is 29.3 Å². The van der Waals surface area contributed by atoms with Gasteiger partial charge in [0.15, 0.2) is 0 Å². The van der Waals surface area contributed by atoms with Crippen molar-refractivity contribution in [2.75, 3.05) is 19.6 Å². The molecule has 13 heavy (non-hydrogen) atoms. The summed E-state index contributed by atoms with van der Waals surface area (Å²) in [6.07, 6.45) is 5.16. The van der Waals surface area contributed by atoms with E-state index in [1.807, 2.05) is 0 Å². The molecular formula is C11H24N2. The maximum absolute atomic E-state index is 6.03. The van der Waals surface area contributed by atoms with Crippen LogP contribution in [0, 0.1) is 5.92 Å². The minimum atomic E-state index is 0.428. The normalized spacial score (nSPS) is 30.7. The molecule has 1 fully saturated rings. The number of likely N-dealkylation sites (tertiary alicyclic amines) is 1. The van der Waals surface area contributed by atoms with Gasteiger partial charge in [0.25, 0.3) is 0 Å². The van der Waals surface area contributed by atoms with Crippen molar-refractivity contribution in [3.63, 3.8) is 0 Å². The fraction of sp³-hybridized carbons (Fsp3) is 1.00. The Kier molecular flexibility index (Phi) is 4.74. The molecule has 1 saturated heterocycles. The summed E-state index contributed by atoms with van der Waals surface area (Å²) in [4.78, 5) is 2.54. The van der Waals surface area contributed by atoms with Crippen molar-refractivity contribution in [2.24, 2.45) is 11.7 Å². The summed E-state index contributed by atoms with van der Waals surface area (Å²) >= 11 is 0. The third-order valence-electron chi connectivity index (χ3n) is 2.88. The summed E-state index contributed by atoms with van der Waals surface area (Å²) in [6, 6.07) is 0.428. The van der Waals surface area contributed by atoms with E-state index in [1.54, 1.807) is 0 Å². The van der Waals surface area contributed by atoms with Gasteiger partial charge in [0.1, 0.15) is 0 Å². The van der Waals surface area contributed by atoms with Crippen molar-refractivity contribution >= 4 is 0 Å². The molecule has 0 aliphatic carbocycles. The van der Waals surface area contributed by atoms with Crippen LogP contribution in [0.2, 0.25) is 0 Å². The second-order valence-corrected chi connectivity index (χ2v) is 4.41. The largest absolute Gasteiger partial charge is 0.327 e. The molecule has 0 amide bonds. The first-order valence-corrected chi connectivity index (χ1v) is 5.74. The van der Waals surface area contributed by atoms with Crippen LogP contribution in [-0.2, 0) is 0 Å². The van der Waals surface area contributed by atoms with Crippen LogP contribution in [-0.4, -0.2) is 30.6 Å². The fourth-order valence-electron chi connectivity index (χ4n) is 2.46. The van der Waals surface area contributed by atoms with Crippen molar-refractivity contribution in [2.45, 2.75) is 45.6 Å². The smallest absolute Gasteiger partial charge is 0.0170 e. The van der Waals surface area contributed by atoms with E-state index in [9.17, 15) is 0 Å². The molecule has 1 aliphatic heterocycles. The van der Waals surface area contributed by atoms with Crippen LogP contribution in [0.4, 0.5) is 0 Å². The zero-order chi connectivity index (χ0) is 9.68. The van der Waals surface area contributed by atoms with Gasteiger partial charge >= 0.3 is 0 Å². The van der Waals surface area contributed by atoms with E-state index in [0.29, 0.717) is 6.04 Å². The Morgan fingerprint density at radius 3 is 2.62 bits per heavy atom. The maximum Gasteiger partial charge on any atom is 0.0170 e. The number of nitrogens with zero attached hydrogens (tertiary/aromatic N) is 1. The molecule has 0 bridgehead atoms. The molecule has 0 spiro atoms. The molecule has 2 heteroatoms. The predicted octanol–water partition coefficient (Wildman–Crippen LogP) is 1.85. The number of piperidine rings is 1. The first-order chi connectivity index (χ1) is 6.26. The van der Waals surface area contributed by atoms with Crippen LogP contribution in [0.25, 0.3) is 0 Å². The number of nitrogens with two attached hydrogens (primary N) is 1. The van der Waals surface area contributed by atoms with E-state index >= 15 is 0 Å². The summed E-state index contributed by atoms with van der Waals surface area (Å²) in [5.74, 6) is 0.861. The van der Waals surface area contributed by atoms with Crippen molar-refractivity contribution < 1.29 is 0 Å². The molecule has 1 aliphatic rings. The van der Waals surface area contributed by atoms with Gasteiger partial charge < -0.3 is 10.6 Å². The van der Waals surface area contributed by atoms with Crippen molar-refractivity contribution in [1.82, 2.24) is 4.90 Å². The molecule has 1 rings (SSSR count). The Balaban J connectivity index is 2.33. The SMILES string of the molecule is CCCC1CC(N)CN(CCC)C1. The summed E-state index contributed by atoms with van der Waals surface area (Å²) in [7, 11) is 0. The lowest BCUT2D eigenvalue weighted by Crippen LogP contribution is -2.47. The minimum Gasteiger partial charge on any atom is -0.327 e. The Bertz CT molecular complexity index is 122. The molecule has 78 valence electrons. The van der Waals surface area contributed by atoms with Crippen molar-refractivity contribution in [3.05, 3.63) is 0 Å². The second kappa shape index (κ2) is 5.61. The second-order valence-electron chi connectivity index (χ2n) is 4.41. The minimum absolute atomic E-state index is 0.428. The standard InChI is InChI=1S/C11H24N2/c1-3-5-10-7-11(12)9-13(8-10)6-4-2/h10-11H,3-9,12H2,1-2H3. The van der Waals surface area contributed by atoms with Crippen molar-refractivity contribution in [3.8, 4) is 0 Å². The van der Waals surface area contributed by atoms with Gasteiger partial charge in [-0.3, -0.25) is 0 Å². The Morgan fingerprint density at radius 2 is 2.00 bits per heavy atom. The van der Waals surface area contributed by atoms with Gasteiger partial charge in [-0.05, 0) is 31.7 Å². The third-order valence-corrected chi connectivity index (χ3v) is 2.88. The summed E-state index contributed by atoms with van der Waals surface area (Å²) < 4.78 is 0. The summed E-state index contributed by atoms with van der Waals surface area (Å²) in [5.41, 5.74) is 6.03. The lowest BCUT2D eigenvalue weighted by atomic mass is 9.91. The van der Waals surface area contributed by atoms with Crippen LogP contribution < -0.4 is 5.73 Å². The molecule has 0 radical (unpaired) electrons. The first-order valence-electron chi connectivity index (χ1n) is 5.74. The van der Waals surface area contributed by atoms with Crippen LogP contribution in [0.3, 0.4) is 0 Å². The third kappa shape index (κ3) is 3.65. The summed E-state index contributed by atoms with van der Waals surface area (Å²) in [5, 5.41) is 0. The quantitative estimate of drug-likeness (QED) is 0.722. The van der Waals surface area contributed by atoms with Crippen molar-refractivity contribution in [1.29, 1.82) is 0 Å². The van der Waals surface area contributed by atoms with Gasteiger partial charge in [-0.15, -0.1) is 0 Å². The Hall–Kier alpha value is -0.0800. The maximum atomic E-state index is 6.03. The van der Waals surface area contributed by atoms with Gasteiger partial charge in [-0.25, -0.2) is 0 Å². The zero-order valence-electron chi connectivity index (χ0n) is 9.13. The van der Waals surface area contributed by atoms with Crippen LogP contribution in [0.15, 0.2) is 0 Å². The number of rotatable bonds is 4. The highest BCUT2D eigenvalue weighted by Gasteiger charge is 2.23. The lowest BCUT2D eigenvalue weighted by Gasteiger charge is -2.36. The van der Waals surface area contributed by atoms with E-state index in [-0.39, 0.29) is 0 Å². The van der Waals surface area contributed by atoms with Crippen LogP contribution in [0.1, 0.15) is 39.5 Å². The molecule has 2 atom stereocenters. The lowest BCUT2D eigenvalue weighted by molar-refractivity contribution is 0.151. The monoisotopic (exact) mass is 184 g/mol. The molecule has 2 N–H and O–H groups in total. The van der Waals surface area contributed by atoms with E-state index in [1.165, 1.54) is 38.8 Å². The van der Waals surface area contributed by atoms with Gasteiger partial charge in [0.2, 0.25) is 0 Å².